The molecule has 0 spiro atoms. The highest BCUT2D eigenvalue weighted by molar-refractivity contribution is 6.17. The summed E-state index contributed by atoms with van der Waals surface area (Å²) < 4.78 is 17.9. The van der Waals surface area contributed by atoms with E-state index < -0.39 is 0 Å². The number of aromatic nitrogens is 4. The largest absolute Gasteiger partial charge is 0.456 e. The zero-order valence-corrected chi connectivity index (χ0v) is 34.2. The minimum Gasteiger partial charge on any atom is -0.456 e. The van der Waals surface area contributed by atoms with Gasteiger partial charge in [-0.15, -0.1) is 0 Å². The van der Waals surface area contributed by atoms with Gasteiger partial charge in [-0.05, 0) is 90.0 Å². The van der Waals surface area contributed by atoms with Crippen molar-refractivity contribution in [3.63, 3.8) is 0 Å². The SMILES string of the molecule is c1ccc(-c2nc(-c3cccc4oc5ccccc5c34)c3oc4ccc(-n5c6ccccc6c6cc(-c7ccc8c(c7)c7ccccc7n8-c7ccccc7)ccc65)cc4c3n2)cc1. The number of para-hydroxylation sites is 4. The molecule has 6 heteroatoms. The Labute approximate surface area is 365 Å². The molecule has 0 amide bonds. The van der Waals surface area contributed by atoms with Gasteiger partial charge < -0.3 is 18.0 Å². The van der Waals surface area contributed by atoms with Crippen LogP contribution in [-0.2, 0) is 0 Å². The van der Waals surface area contributed by atoms with Crippen LogP contribution in [0.1, 0.15) is 0 Å². The zero-order valence-electron chi connectivity index (χ0n) is 34.2. The first-order valence-electron chi connectivity index (χ1n) is 21.6. The van der Waals surface area contributed by atoms with Gasteiger partial charge >= 0.3 is 0 Å². The molecule has 0 radical (unpaired) electrons. The van der Waals surface area contributed by atoms with E-state index in [2.05, 4.69) is 167 Å². The van der Waals surface area contributed by atoms with E-state index in [-0.39, 0.29) is 0 Å². The molecule has 0 bridgehead atoms. The van der Waals surface area contributed by atoms with E-state index in [4.69, 9.17) is 18.8 Å². The predicted molar refractivity (Wildman–Crippen MR) is 262 cm³/mol. The maximum absolute atomic E-state index is 6.80. The number of hydrogen-bond acceptors (Lipinski definition) is 4. The number of furan rings is 2. The van der Waals surface area contributed by atoms with Gasteiger partial charge in [0.05, 0.1) is 22.1 Å². The standard InChI is InChI=1S/C58H34N4O2/c1-3-14-35(15-4-1)58-59-55(43-21-13-25-53-54(43)42-20-9-12-24-51(42)63-53)57-56(60-58)46-34-39(28-31-52(46)64-57)62-48-23-11-8-19-41(48)45-33-37(27-30-50(45)62)36-26-29-49-44(32-36)40-18-7-10-22-47(40)61(49)38-16-5-2-6-17-38/h1-34H. The third kappa shape index (κ3) is 5.08. The van der Waals surface area contributed by atoms with Crippen LogP contribution in [0.25, 0.3) is 133 Å². The molecule has 5 aromatic heterocycles. The van der Waals surface area contributed by atoms with Gasteiger partial charge in [-0.1, -0.05) is 127 Å². The summed E-state index contributed by atoms with van der Waals surface area (Å²) in [4.78, 5) is 10.5. The van der Waals surface area contributed by atoms with E-state index in [1.54, 1.807) is 0 Å². The van der Waals surface area contributed by atoms with Crippen molar-refractivity contribution in [2.75, 3.05) is 0 Å². The Morgan fingerprint density at radius 3 is 1.64 bits per heavy atom. The summed E-state index contributed by atoms with van der Waals surface area (Å²) in [6.45, 7) is 0. The van der Waals surface area contributed by atoms with Crippen LogP contribution in [0.3, 0.4) is 0 Å². The Hall–Kier alpha value is -8.74. The molecule has 64 heavy (non-hydrogen) atoms. The second kappa shape index (κ2) is 13.4. The van der Waals surface area contributed by atoms with E-state index >= 15 is 0 Å². The molecule has 0 saturated heterocycles. The van der Waals surface area contributed by atoms with Crippen LogP contribution in [0, 0.1) is 0 Å². The maximum atomic E-state index is 6.80. The number of rotatable bonds is 5. The molecule has 0 fully saturated rings. The monoisotopic (exact) mass is 818 g/mol. The van der Waals surface area contributed by atoms with Crippen LogP contribution >= 0.6 is 0 Å². The zero-order chi connectivity index (χ0) is 41.9. The van der Waals surface area contributed by atoms with E-state index in [1.165, 1.54) is 43.7 Å². The van der Waals surface area contributed by atoms with Crippen molar-refractivity contribution in [1.29, 1.82) is 0 Å². The molecule has 0 aliphatic heterocycles. The lowest BCUT2D eigenvalue weighted by atomic mass is 10.0. The van der Waals surface area contributed by atoms with Crippen molar-refractivity contribution in [3.05, 3.63) is 206 Å². The highest BCUT2D eigenvalue weighted by Crippen LogP contribution is 2.43. The van der Waals surface area contributed by atoms with Gasteiger partial charge in [-0.25, -0.2) is 9.97 Å². The summed E-state index contributed by atoms with van der Waals surface area (Å²) in [5, 5.41) is 7.80. The molecule has 0 atom stereocenters. The van der Waals surface area contributed by atoms with Gasteiger partial charge in [-0.3, -0.25) is 0 Å². The van der Waals surface area contributed by atoms with Crippen LogP contribution in [0.5, 0.6) is 0 Å². The highest BCUT2D eigenvalue weighted by Gasteiger charge is 2.23. The van der Waals surface area contributed by atoms with Crippen molar-refractivity contribution in [1.82, 2.24) is 19.1 Å². The molecule has 9 aromatic carbocycles. The molecule has 6 nitrogen and oxygen atoms in total. The molecule has 14 aromatic rings. The van der Waals surface area contributed by atoms with E-state index in [0.717, 1.165) is 77.7 Å². The Morgan fingerprint density at radius 1 is 0.344 bits per heavy atom. The van der Waals surface area contributed by atoms with Crippen LogP contribution in [0.15, 0.2) is 215 Å². The number of hydrogen-bond donors (Lipinski definition) is 0. The summed E-state index contributed by atoms with van der Waals surface area (Å²) >= 11 is 0. The quantitative estimate of drug-likeness (QED) is 0.174. The van der Waals surface area contributed by atoms with Gasteiger partial charge in [0.25, 0.3) is 0 Å². The van der Waals surface area contributed by atoms with Crippen molar-refractivity contribution in [2.45, 2.75) is 0 Å². The van der Waals surface area contributed by atoms with Crippen molar-refractivity contribution >= 4 is 87.6 Å². The van der Waals surface area contributed by atoms with E-state index in [9.17, 15) is 0 Å². The molecular formula is C58H34N4O2. The second-order valence-electron chi connectivity index (χ2n) is 16.5. The van der Waals surface area contributed by atoms with E-state index in [0.29, 0.717) is 11.4 Å². The summed E-state index contributed by atoms with van der Waals surface area (Å²) in [7, 11) is 0. The molecule has 0 unspecified atom stereocenters. The summed E-state index contributed by atoms with van der Waals surface area (Å²) in [6.07, 6.45) is 0. The Balaban J connectivity index is 0.958. The van der Waals surface area contributed by atoms with E-state index in [1.807, 2.05) is 48.5 Å². The molecule has 0 saturated carbocycles. The van der Waals surface area contributed by atoms with Crippen LogP contribution < -0.4 is 0 Å². The van der Waals surface area contributed by atoms with Crippen LogP contribution in [-0.4, -0.2) is 19.1 Å². The first-order chi connectivity index (χ1) is 31.7. The van der Waals surface area contributed by atoms with Gasteiger partial charge in [0.15, 0.2) is 11.4 Å². The van der Waals surface area contributed by atoms with Gasteiger partial charge in [0, 0.05) is 60.2 Å². The third-order valence-electron chi connectivity index (χ3n) is 12.9. The average molecular weight is 819 g/mol. The first-order valence-corrected chi connectivity index (χ1v) is 21.6. The number of nitrogens with zero attached hydrogens (tertiary/aromatic N) is 4. The molecule has 5 heterocycles. The molecular weight excluding hydrogens is 785 g/mol. The second-order valence-corrected chi connectivity index (χ2v) is 16.5. The third-order valence-corrected chi connectivity index (χ3v) is 12.9. The topological polar surface area (TPSA) is 61.9 Å². The average Bonchev–Trinajstić information content (AvgIpc) is 4.11. The van der Waals surface area contributed by atoms with Crippen LogP contribution in [0.2, 0.25) is 0 Å². The van der Waals surface area contributed by atoms with Crippen molar-refractivity contribution in [2.24, 2.45) is 0 Å². The fourth-order valence-electron chi connectivity index (χ4n) is 10.1. The molecule has 14 rings (SSSR count). The molecule has 0 N–H and O–H groups in total. The Morgan fingerprint density at radius 2 is 0.922 bits per heavy atom. The summed E-state index contributed by atoms with van der Waals surface area (Å²) in [5.74, 6) is 0.633. The van der Waals surface area contributed by atoms with Crippen molar-refractivity contribution < 1.29 is 8.83 Å². The summed E-state index contributed by atoms with van der Waals surface area (Å²) in [6, 6.07) is 72.7. The lowest BCUT2D eigenvalue weighted by Gasteiger charge is -2.09. The highest BCUT2D eigenvalue weighted by atomic mass is 16.3. The number of benzene rings is 9. The molecule has 0 aliphatic carbocycles. The molecule has 0 aliphatic rings. The summed E-state index contributed by atoms with van der Waals surface area (Å²) in [5.41, 5.74) is 15.5. The lowest BCUT2D eigenvalue weighted by molar-refractivity contribution is 0.667. The number of fused-ring (bicyclic) bond motifs is 12. The maximum Gasteiger partial charge on any atom is 0.180 e. The minimum absolute atomic E-state index is 0.633. The van der Waals surface area contributed by atoms with Gasteiger partial charge in [0.1, 0.15) is 28.0 Å². The van der Waals surface area contributed by atoms with Crippen LogP contribution in [0.4, 0.5) is 0 Å². The smallest absolute Gasteiger partial charge is 0.180 e. The minimum atomic E-state index is 0.633. The fraction of sp³-hybridized carbons (Fsp3) is 0. The molecule has 298 valence electrons. The lowest BCUT2D eigenvalue weighted by Crippen LogP contribution is -1.95. The normalized spacial score (nSPS) is 12.1. The fourth-order valence-corrected chi connectivity index (χ4v) is 10.1. The van der Waals surface area contributed by atoms with Crippen molar-refractivity contribution in [3.8, 4) is 45.1 Å². The predicted octanol–water partition coefficient (Wildman–Crippen LogP) is 15.5. The van der Waals surface area contributed by atoms with Gasteiger partial charge in [-0.2, -0.15) is 0 Å². The van der Waals surface area contributed by atoms with Gasteiger partial charge in [0.2, 0.25) is 0 Å². The first kappa shape index (κ1) is 34.9. The Kier molecular flexibility index (Phi) is 7.30. The Bertz CT molecular complexity index is 4190.